The Hall–Kier alpha value is -1.59. The number of carbonyl (C=O) groups excluding carboxylic acids is 1. The van der Waals surface area contributed by atoms with Crippen molar-refractivity contribution in [1.29, 1.82) is 0 Å². The van der Waals surface area contributed by atoms with E-state index in [1.807, 2.05) is 30.3 Å². The number of aliphatic hydroxyl groups is 1. The molecule has 1 aliphatic rings. The molecule has 1 atom stereocenters. The molecule has 1 unspecified atom stereocenters. The molecule has 1 aliphatic heterocycles. The zero-order valence-electron chi connectivity index (χ0n) is 12.2. The van der Waals surface area contributed by atoms with Gasteiger partial charge in [0.1, 0.15) is 0 Å². The van der Waals surface area contributed by atoms with Gasteiger partial charge in [-0.05, 0) is 17.7 Å². The van der Waals surface area contributed by atoms with Crippen LogP contribution in [0.4, 0.5) is 0 Å². The third kappa shape index (κ3) is 3.21. The van der Waals surface area contributed by atoms with Gasteiger partial charge in [0.25, 0.3) is 11.7 Å². The zero-order chi connectivity index (χ0) is 16.4. The van der Waals surface area contributed by atoms with Gasteiger partial charge in [-0.3, -0.25) is 4.79 Å². The van der Waals surface area contributed by atoms with Crippen molar-refractivity contribution in [1.82, 2.24) is 4.90 Å². The summed E-state index contributed by atoms with van der Waals surface area (Å²) in [5, 5.41) is 11.4. The highest BCUT2D eigenvalue weighted by Gasteiger charge is 2.45. The fraction of sp³-hybridized carbons (Fsp3) is 0.235. The van der Waals surface area contributed by atoms with Gasteiger partial charge in [-0.2, -0.15) is 0 Å². The van der Waals surface area contributed by atoms with Gasteiger partial charge in [0, 0.05) is 18.7 Å². The standard InChI is InChI=1S/C17H15Cl2NO3/c18-14-7-6-13(10-15(14)19)17(22)16(21)20(8-9-23-17)11-12-4-2-1-3-5-12/h1-7,10,22H,8-9,11H2. The summed E-state index contributed by atoms with van der Waals surface area (Å²) in [4.78, 5) is 14.3. The molecule has 4 nitrogen and oxygen atoms in total. The Balaban J connectivity index is 1.87. The summed E-state index contributed by atoms with van der Waals surface area (Å²) in [6.07, 6.45) is 0. The van der Waals surface area contributed by atoms with Crippen LogP contribution in [0.1, 0.15) is 11.1 Å². The number of ether oxygens (including phenoxy) is 1. The monoisotopic (exact) mass is 351 g/mol. The predicted octanol–water partition coefficient (Wildman–Crippen LogP) is 3.20. The van der Waals surface area contributed by atoms with Crippen molar-refractivity contribution >= 4 is 29.1 Å². The van der Waals surface area contributed by atoms with E-state index in [0.29, 0.717) is 18.1 Å². The molecular formula is C17H15Cl2NO3. The number of rotatable bonds is 3. The number of morpholine rings is 1. The van der Waals surface area contributed by atoms with Crippen molar-refractivity contribution < 1.29 is 14.6 Å². The third-order valence-corrected chi connectivity index (χ3v) is 4.52. The van der Waals surface area contributed by atoms with E-state index >= 15 is 0 Å². The minimum absolute atomic E-state index is 0.231. The first-order valence-electron chi connectivity index (χ1n) is 7.16. The van der Waals surface area contributed by atoms with Crippen LogP contribution in [0, 0.1) is 0 Å². The predicted molar refractivity (Wildman–Crippen MR) is 88.2 cm³/mol. The zero-order valence-corrected chi connectivity index (χ0v) is 13.7. The van der Waals surface area contributed by atoms with E-state index in [4.69, 9.17) is 27.9 Å². The summed E-state index contributed by atoms with van der Waals surface area (Å²) < 4.78 is 5.39. The van der Waals surface area contributed by atoms with Crippen LogP contribution < -0.4 is 0 Å². The highest BCUT2D eigenvalue weighted by Crippen LogP contribution is 2.33. The Morgan fingerprint density at radius 2 is 1.87 bits per heavy atom. The second-order valence-electron chi connectivity index (χ2n) is 5.33. The largest absolute Gasteiger partial charge is 0.354 e. The summed E-state index contributed by atoms with van der Waals surface area (Å²) in [7, 11) is 0. The molecule has 1 N–H and O–H groups in total. The van der Waals surface area contributed by atoms with Gasteiger partial charge in [0.2, 0.25) is 0 Å². The Morgan fingerprint density at radius 1 is 1.13 bits per heavy atom. The van der Waals surface area contributed by atoms with Crippen LogP contribution in [-0.4, -0.2) is 29.1 Å². The lowest BCUT2D eigenvalue weighted by molar-refractivity contribution is -0.240. The fourth-order valence-corrected chi connectivity index (χ4v) is 2.85. The topological polar surface area (TPSA) is 49.8 Å². The van der Waals surface area contributed by atoms with Gasteiger partial charge in [0.05, 0.1) is 16.7 Å². The first-order chi connectivity index (χ1) is 11.0. The Morgan fingerprint density at radius 3 is 2.57 bits per heavy atom. The maximum absolute atomic E-state index is 12.7. The molecule has 2 aromatic rings. The van der Waals surface area contributed by atoms with Crippen molar-refractivity contribution in [3.63, 3.8) is 0 Å². The van der Waals surface area contributed by atoms with Crippen LogP contribution >= 0.6 is 23.2 Å². The van der Waals surface area contributed by atoms with Crippen molar-refractivity contribution in [2.45, 2.75) is 12.3 Å². The molecule has 0 radical (unpaired) electrons. The fourth-order valence-electron chi connectivity index (χ4n) is 2.55. The molecule has 0 aromatic heterocycles. The lowest BCUT2D eigenvalue weighted by Gasteiger charge is -2.38. The number of nitrogens with zero attached hydrogens (tertiary/aromatic N) is 1. The SMILES string of the molecule is O=C1N(Cc2ccccc2)CCOC1(O)c1ccc(Cl)c(Cl)c1. The molecule has 23 heavy (non-hydrogen) atoms. The molecule has 1 amide bonds. The number of benzene rings is 2. The first-order valence-corrected chi connectivity index (χ1v) is 7.91. The van der Waals surface area contributed by atoms with Gasteiger partial charge >= 0.3 is 0 Å². The smallest absolute Gasteiger partial charge is 0.288 e. The van der Waals surface area contributed by atoms with Crippen LogP contribution in [0.25, 0.3) is 0 Å². The van der Waals surface area contributed by atoms with E-state index < -0.39 is 11.7 Å². The molecule has 0 aliphatic carbocycles. The maximum Gasteiger partial charge on any atom is 0.288 e. The average Bonchev–Trinajstić information content (AvgIpc) is 2.55. The molecule has 6 heteroatoms. The van der Waals surface area contributed by atoms with Crippen molar-refractivity contribution in [3.05, 3.63) is 69.7 Å². The minimum atomic E-state index is -2.04. The molecule has 2 aromatic carbocycles. The Kier molecular flexibility index (Phi) is 4.60. The molecule has 0 bridgehead atoms. The summed E-state index contributed by atoms with van der Waals surface area (Å²) in [5.74, 6) is -2.55. The lowest BCUT2D eigenvalue weighted by Crippen LogP contribution is -2.54. The van der Waals surface area contributed by atoms with Crippen LogP contribution in [-0.2, 0) is 21.9 Å². The number of carbonyl (C=O) groups is 1. The molecule has 120 valence electrons. The molecule has 0 spiro atoms. The van der Waals surface area contributed by atoms with Gasteiger partial charge in [-0.25, -0.2) is 0 Å². The summed E-state index contributed by atoms with van der Waals surface area (Å²) >= 11 is 11.9. The second kappa shape index (κ2) is 6.49. The average molecular weight is 352 g/mol. The Bertz CT molecular complexity index is 723. The second-order valence-corrected chi connectivity index (χ2v) is 6.15. The van der Waals surface area contributed by atoms with E-state index in [1.54, 1.807) is 4.90 Å². The van der Waals surface area contributed by atoms with E-state index in [2.05, 4.69) is 0 Å². The Labute approximate surface area is 144 Å². The highest BCUT2D eigenvalue weighted by atomic mass is 35.5. The quantitative estimate of drug-likeness (QED) is 0.923. The number of hydrogen-bond acceptors (Lipinski definition) is 3. The van der Waals surface area contributed by atoms with Gasteiger partial charge in [0.15, 0.2) is 0 Å². The number of hydrogen-bond donors (Lipinski definition) is 1. The molecule has 1 saturated heterocycles. The van der Waals surface area contributed by atoms with Gasteiger partial charge in [-0.15, -0.1) is 0 Å². The van der Waals surface area contributed by atoms with Crippen LogP contribution in [0.15, 0.2) is 48.5 Å². The van der Waals surface area contributed by atoms with E-state index in [-0.39, 0.29) is 17.2 Å². The van der Waals surface area contributed by atoms with Crippen LogP contribution in [0.3, 0.4) is 0 Å². The van der Waals surface area contributed by atoms with Crippen molar-refractivity contribution in [3.8, 4) is 0 Å². The van der Waals surface area contributed by atoms with E-state index in [0.717, 1.165) is 5.56 Å². The van der Waals surface area contributed by atoms with E-state index in [1.165, 1.54) is 18.2 Å². The van der Waals surface area contributed by atoms with Gasteiger partial charge in [-0.1, -0.05) is 59.6 Å². The summed E-state index contributed by atoms with van der Waals surface area (Å²) in [6, 6.07) is 14.1. The minimum Gasteiger partial charge on any atom is -0.354 e. The molecular weight excluding hydrogens is 337 g/mol. The first kappa shape index (κ1) is 16.3. The normalized spacial score (nSPS) is 21.5. The number of halogens is 2. The van der Waals surface area contributed by atoms with Gasteiger partial charge < -0.3 is 14.7 Å². The van der Waals surface area contributed by atoms with Crippen LogP contribution in [0.2, 0.25) is 10.0 Å². The van der Waals surface area contributed by atoms with Crippen molar-refractivity contribution in [2.24, 2.45) is 0 Å². The van der Waals surface area contributed by atoms with Crippen LogP contribution in [0.5, 0.6) is 0 Å². The summed E-state index contributed by atoms with van der Waals surface area (Å²) in [5.41, 5.74) is 1.26. The molecule has 1 fully saturated rings. The summed E-state index contributed by atoms with van der Waals surface area (Å²) in [6.45, 7) is 1.05. The third-order valence-electron chi connectivity index (χ3n) is 3.78. The number of amides is 1. The molecule has 0 saturated carbocycles. The molecule has 1 heterocycles. The van der Waals surface area contributed by atoms with E-state index in [9.17, 15) is 9.90 Å². The molecule has 3 rings (SSSR count). The maximum atomic E-state index is 12.7. The highest BCUT2D eigenvalue weighted by molar-refractivity contribution is 6.42. The van der Waals surface area contributed by atoms with Crippen molar-refractivity contribution in [2.75, 3.05) is 13.2 Å². The lowest BCUT2D eigenvalue weighted by atomic mass is 10.0.